The molecule has 2 amide bonds. The van der Waals surface area contributed by atoms with Crippen LogP contribution in [0, 0.1) is 0 Å². The molecule has 0 aliphatic carbocycles. The molecule has 26 heavy (non-hydrogen) atoms. The first-order chi connectivity index (χ1) is 12.6. The van der Waals surface area contributed by atoms with Gasteiger partial charge in [-0.25, -0.2) is 0 Å². The van der Waals surface area contributed by atoms with E-state index in [2.05, 4.69) is 10.6 Å². The number of anilines is 2. The van der Waals surface area contributed by atoms with E-state index in [1.807, 2.05) is 55.5 Å². The molecule has 0 saturated heterocycles. The normalized spacial score (nSPS) is 23.0. The van der Waals surface area contributed by atoms with Crippen LogP contribution < -0.4 is 10.6 Å². The van der Waals surface area contributed by atoms with Crippen LogP contribution in [0.15, 0.2) is 48.5 Å². The highest BCUT2D eigenvalue weighted by atomic mass is 32.2. The van der Waals surface area contributed by atoms with Gasteiger partial charge in [0.15, 0.2) is 0 Å². The zero-order valence-corrected chi connectivity index (χ0v) is 15.6. The second-order valence-electron chi connectivity index (χ2n) is 6.03. The third-order valence-electron chi connectivity index (χ3n) is 4.62. The summed E-state index contributed by atoms with van der Waals surface area (Å²) in [6, 6.07) is 14.8. The molecule has 2 unspecified atom stereocenters. The number of hydrogen-bond acceptors (Lipinski definition) is 5. The quantitative estimate of drug-likeness (QED) is 0.791. The van der Waals surface area contributed by atoms with Gasteiger partial charge >= 0.3 is 0 Å². The van der Waals surface area contributed by atoms with Gasteiger partial charge in [-0.2, -0.15) is 0 Å². The fraction of sp³-hybridized carbons (Fsp3) is 0.211. The number of nitrogens with one attached hydrogen (secondary N) is 2. The first-order valence-electron chi connectivity index (χ1n) is 8.24. The molecule has 0 bridgehead atoms. The van der Waals surface area contributed by atoms with Gasteiger partial charge in [0.05, 0.1) is 12.5 Å². The maximum absolute atomic E-state index is 13.2. The van der Waals surface area contributed by atoms with Crippen molar-refractivity contribution in [3.63, 3.8) is 0 Å². The molecule has 2 aliphatic heterocycles. The summed E-state index contributed by atoms with van der Waals surface area (Å²) in [5.41, 5.74) is 2.95. The number of ether oxygens (including phenoxy) is 1. The lowest BCUT2D eigenvalue weighted by atomic mass is 9.82. The molecule has 7 heteroatoms. The molecule has 2 aliphatic rings. The fourth-order valence-electron chi connectivity index (χ4n) is 3.59. The second-order valence-corrected chi connectivity index (χ2v) is 7.88. The van der Waals surface area contributed by atoms with Crippen LogP contribution >= 0.6 is 24.0 Å². The van der Waals surface area contributed by atoms with Gasteiger partial charge in [-0.1, -0.05) is 48.2 Å². The Morgan fingerprint density at radius 1 is 1.12 bits per heavy atom. The molecule has 2 heterocycles. The lowest BCUT2D eigenvalue weighted by Crippen LogP contribution is -2.41. The minimum Gasteiger partial charge on any atom is -0.479 e. The molecule has 2 aromatic carbocycles. The zero-order chi connectivity index (χ0) is 18.3. The molecule has 0 radical (unpaired) electrons. The minimum atomic E-state index is -1.21. The van der Waals surface area contributed by atoms with E-state index < -0.39 is 10.7 Å². The number of thioether (sulfide) groups is 1. The van der Waals surface area contributed by atoms with Crippen molar-refractivity contribution in [2.75, 3.05) is 17.2 Å². The van der Waals surface area contributed by atoms with Gasteiger partial charge in [-0.05, 0) is 36.8 Å². The van der Waals surface area contributed by atoms with Gasteiger partial charge < -0.3 is 15.4 Å². The summed E-state index contributed by atoms with van der Waals surface area (Å²) < 4.78 is 4.50. The Bertz CT molecular complexity index is 931. The van der Waals surface area contributed by atoms with Gasteiger partial charge in [0.1, 0.15) is 4.75 Å². The predicted molar refractivity (Wildman–Crippen MR) is 106 cm³/mol. The highest BCUT2D eigenvalue weighted by Crippen LogP contribution is 2.57. The number of thiocarbonyl (C=S) groups is 1. The van der Waals surface area contributed by atoms with E-state index in [-0.39, 0.29) is 16.2 Å². The highest BCUT2D eigenvalue weighted by molar-refractivity contribution is 8.23. The van der Waals surface area contributed by atoms with E-state index in [1.165, 1.54) is 0 Å². The summed E-state index contributed by atoms with van der Waals surface area (Å²) in [5.74, 6) is -1.18. The molecule has 4 rings (SSSR count). The molecular formula is C19H16N2O3S2. The highest BCUT2D eigenvalue weighted by Gasteiger charge is 2.59. The Hall–Kier alpha value is -2.38. The third kappa shape index (κ3) is 2.42. The van der Waals surface area contributed by atoms with Crippen LogP contribution in [0.5, 0.6) is 0 Å². The number of fused-ring (bicyclic) bond motifs is 2. The van der Waals surface area contributed by atoms with Crippen molar-refractivity contribution in [3.8, 4) is 0 Å². The summed E-state index contributed by atoms with van der Waals surface area (Å²) in [5, 5.41) is 5.80. The molecule has 2 N–H and O–H groups in total. The summed E-state index contributed by atoms with van der Waals surface area (Å²) in [7, 11) is 0. The van der Waals surface area contributed by atoms with Gasteiger partial charge in [0.2, 0.25) is 16.2 Å². The van der Waals surface area contributed by atoms with E-state index in [9.17, 15) is 9.59 Å². The van der Waals surface area contributed by atoms with Crippen molar-refractivity contribution in [2.45, 2.75) is 17.6 Å². The number of carbonyl (C=O) groups is 2. The fourth-order valence-corrected chi connectivity index (χ4v) is 5.33. The number of benzene rings is 2. The van der Waals surface area contributed by atoms with E-state index in [0.29, 0.717) is 12.3 Å². The van der Waals surface area contributed by atoms with Crippen molar-refractivity contribution in [1.29, 1.82) is 0 Å². The SMILES string of the molecule is CCOC(=S)SC1(C2C(=O)Nc3ccccc32)C(=O)Nc2ccccc21. The molecule has 0 saturated carbocycles. The Kier molecular flexibility index (Phi) is 4.20. The lowest BCUT2D eigenvalue weighted by Gasteiger charge is -2.31. The lowest BCUT2D eigenvalue weighted by molar-refractivity contribution is -0.124. The van der Waals surface area contributed by atoms with Crippen LogP contribution in [-0.4, -0.2) is 22.8 Å². The van der Waals surface area contributed by atoms with Crippen LogP contribution in [0.2, 0.25) is 0 Å². The monoisotopic (exact) mass is 384 g/mol. The third-order valence-corrected chi connectivity index (χ3v) is 6.23. The molecule has 2 aromatic rings. The number of amides is 2. The molecule has 0 aromatic heterocycles. The van der Waals surface area contributed by atoms with Gasteiger partial charge in [-0.15, -0.1) is 0 Å². The van der Waals surface area contributed by atoms with Crippen LogP contribution in [0.4, 0.5) is 11.4 Å². The summed E-state index contributed by atoms with van der Waals surface area (Å²) >= 11 is 6.48. The molecule has 5 nitrogen and oxygen atoms in total. The van der Waals surface area contributed by atoms with Gasteiger partial charge in [-0.3, -0.25) is 9.59 Å². The second kappa shape index (κ2) is 6.41. The Labute approximate surface area is 160 Å². The van der Waals surface area contributed by atoms with Crippen LogP contribution in [0.1, 0.15) is 24.0 Å². The van der Waals surface area contributed by atoms with Crippen molar-refractivity contribution in [2.24, 2.45) is 0 Å². The molecule has 0 fully saturated rings. The first kappa shape index (κ1) is 17.1. The van der Waals surface area contributed by atoms with Gasteiger partial charge in [0.25, 0.3) is 0 Å². The average Bonchev–Trinajstić information content (AvgIpc) is 3.09. The molecule has 132 valence electrons. The van der Waals surface area contributed by atoms with E-state index >= 15 is 0 Å². The van der Waals surface area contributed by atoms with Gasteiger partial charge in [0, 0.05) is 16.9 Å². The van der Waals surface area contributed by atoms with Crippen molar-refractivity contribution >= 4 is 51.6 Å². The van der Waals surface area contributed by atoms with E-state index in [1.54, 1.807) is 0 Å². The maximum atomic E-state index is 13.2. The van der Waals surface area contributed by atoms with E-state index in [0.717, 1.165) is 28.6 Å². The van der Waals surface area contributed by atoms with E-state index in [4.69, 9.17) is 17.0 Å². The summed E-state index contributed by atoms with van der Waals surface area (Å²) in [6.07, 6.45) is 0. The molecule has 0 spiro atoms. The van der Waals surface area contributed by atoms with Crippen molar-refractivity contribution < 1.29 is 14.3 Å². The standard InChI is InChI=1S/C19H16N2O3S2/c1-2-24-18(25)26-19(12-8-4-6-10-14(12)21-17(19)23)15-11-7-3-5-9-13(11)20-16(15)22/h3-10,15H,2H2,1H3,(H,20,22)(H,21,23). The number of rotatable bonds is 3. The topological polar surface area (TPSA) is 67.4 Å². The number of para-hydroxylation sites is 2. The predicted octanol–water partition coefficient (Wildman–Crippen LogP) is 3.62. The Morgan fingerprint density at radius 3 is 2.58 bits per heavy atom. The zero-order valence-electron chi connectivity index (χ0n) is 13.9. The Balaban J connectivity index is 1.92. The summed E-state index contributed by atoms with van der Waals surface area (Å²) in [6.45, 7) is 2.23. The van der Waals surface area contributed by atoms with Crippen LogP contribution in [-0.2, 0) is 19.1 Å². The average molecular weight is 384 g/mol. The summed E-state index contributed by atoms with van der Waals surface area (Å²) in [4.78, 5) is 26.1. The van der Waals surface area contributed by atoms with Crippen molar-refractivity contribution in [1.82, 2.24) is 0 Å². The number of hydrogen-bond donors (Lipinski definition) is 2. The first-order valence-corrected chi connectivity index (χ1v) is 9.47. The number of carbonyl (C=O) groups excluding carboxylic acids is 2. The molecule has 2 atom stereocenters. The maximum Gasteiger partial charge on any atom is 0.246 e. The smallest absolute Gasteiger partial charge is 0.246 e. The van der Waals surface area contributed by atoms with Crippen LogP contribution in [0.3, 0.4) is 0 Å². The molecular weight excluding hydrogens is 368 g/mol. The largest absolute Gasteiger partial charge is 0.479 e. The van der Waals surface area contributed by atoms with Crippen molar-refractivity contribution in [3.05, 3.63) is 59.7 Å². The van der Waals surface area contributed by atoms with Crippen LogP contribution in [0.25, 0.3) is 0 Å². The minimum absolute atomic E-state index is 0.218. The Morgan fingerprint density at radius 2 is 1.81 bits per heavy atom.